The van der Waals surface area contributed by atoms with Gasteiger partial charge in [-0.1, -0.05) is 125 Å². The third-order valence-electron chi connectivity index (χ3n) is 12.1. The Morgan fingerprint density at radius 1 is 0.493 bits per heavy atom. The van der Waals surface area contributed by atoms with Gasteiger partial charge in [0.1, 0.15) is 18.1 Å². The van der Waals surface area contributed by atoms with Crippen molar-refractivity contribution in [3.05, 3.63) is 144 Å². The summed E-state index contributed by atoms with van der Waals surface area (Å²) in [5.41, 5.74) is 10.9. The molecule has 10 N–H and O–H groups in total. The summed E-state index contributed by atoms with van der Waals surface area (Å²) in [6, 6.07) is 29.5. The third-order valence-corrected chi connectivity index (χ3v) is 12.1. The normalized spacial score (nSPS) is 14.3. The Morgan fingerprint density at radius 2 is 0.896 bits per heavy atom. The number of amides is 5. The first-order chi connectivity index (χ1) is 32.3. The summed E-state index contributed by atoms with van der Waals surface area (Å²) < 4.78 is 0. The Balaban J connectivity index is 1.29. The summed E-state index contributed by atoms with van der Waals surface area (Å²) in [6.45, 7) is 8.42. The van der Waals surface area contributed by atoms with Crippen LogP contribution in [0.5, 0.6) is 0 Å². The standard InChI is InChI=1S/C53H67N9O5/c1-33(2)24-39(32-58-44(49(54)63)25-34(3)4)59-51(65)47(28-37-30-56-42-22-14-12-20-40(37)42)62-52(66)46(27-36-18-10-7-11-19-36)60-53(67)48(29-38-31-57-43-23-15-13-21-41(38)43)61-50(64)45(55-5)26-35-16-8-6-9-17-35/h6-23,30-31,33-34,39,44-48,55-58H,24-29,32H2,1-5H3,(H2,54,63)(H,59,65)(H,60,67)(H,61,64)(H,62,66)/t39-,44-,45+,46-,47+,48+/m0/s1. The molecule has 0 radical (unpaired) electrons. The molecule has 67 heavy (non-hydrogen) atoms. The number of primary amides is 1. The maximum absolute atomic E-state index is 14.9. The number of likely N-dealkylation sites (N-methyl/N-ethyl adjacent to an activating group) is 1. The highest BCUT2D eigenvalue weighted by atomic mass is 16.2. The van der Waals surface area contributed by atoms with E-state index in [1.807, 2.05) is 135 Å². The Hall–Kier alpha value is -6.77. The predicted octanol–water partition coefficient (Wildman–Crippen LogP) is 4.98. The van der Waals surface area contributed by atoms with Crippen LogP contribution in [-0.2, 0) is 49.7 Å². The van der Waals surface area contributed by atoms with E-state index < -0.39 is 59.9 Å². The molecule has 6 aromatic rings. The van der Waals surface area contributed by atoms with Gasteiger partial charge in [0, 0.05) is 66.0 Å². The highest BCUT2D eigenvalue weighted by Gasteiger charge is 2.33. The molecule has 0 saturated carbocycles. The summed E-state index contributed by atoms with van der Waals surface area (Å²) >= 11 is 0. The molecular formula is C53H67N9O5. The van der Waals surface area contributed by atoms with Gasteiger partial charge >= 0.3 is 0 Å². The van der Waals surface area contributed by atoms with Crippen molar-refractivity contribution >= 4 is 51.3 Å². The van der Waals surface area contributed by atoms with Gasteiger partial charge in [-0.3, -0.25) is 24.0 Å². The van der Waals surface area contributed by atoms with Crippen LogP contribution in [0.25, 0.3) is 21.8 Å². The quantitative estimate of drug-likeness (QED) is 0.0384. The molecule has 0 unspecified atom stereocenters. The van der Waals surface area contributed by atoms with Crippen LogP contribution in [0, 0.1) is 11.8 Å². The molecule has 0 spiro atoms. The molecule has 2 aromatic heterocycles. The van der Waals surface area contributed by atoms with E-state index in [9.17, 15) is 24.0 Å². The highest BCUT2D eigenvalue weighted by Crippen LogP contribution is 2.22. The number of hydrogen-bond acceptors (Lipinski definition) is 7. The Morgan fingerprint density at radius 3 is 1.34 bits per heavy atom. The summed E-state index contributed by atoms with van der Waals surface area (Å²) in [5, 5.41) is 20.5. The van der Waals surface area contributed by atoms with Crippen LogP contribution in [0.1, 0.15) is 62.8 Å². The van der Waals surface area contributed by atoms with Gasteiger partial charge in [-0.15, -0.1) is 0 Å². The number of nitrogens with one attached hydrogen (secondary N) is 8. The van der Waals surface area contributed by atoms with Gasteiger partial charge in [-0.05, 0) is 72.5 Å². The second-order valence-electron chi connectivity index (χ2n) is 18.4. The van der Waals surface area contributed by atoms with Crippen LogP contribution in [0.4, 0.5) is 0 Å². The van der Waals surface area contributed by atoms with Crippen molar-refractivity contribution in [2.24, 2.45) is 17.6 Å². The number of hydrogen-bond donors (Lipinski definition) is 9. The molecule has 0 aliphatic carbocycles. The fraction of sp³-hybridized carbons (Fsp3) is 0.377. The van der Waals surface area contributed by atoms with Gasteiger partial charge in [0.05, 0.1) is 12.1 Å². The first-order valence-electron chi connectivity index (χ1n) is 23.4. The zero-order valence-electron chi connectivity index (χ0n) is 39.2. The van der Waals surface area contributed by atoms with E-state index in [2.05, 4.69) is 55.7 Å². The molecule has 4 aromatic carbocycles. The van der Waals surface area contributed by atoms with Gasteiger partial charge in [0.25, 0.3) is 0 Å². The maximum atomic E-state index is 14.9. The Kier molecular flexibility index (Phi) is 17.9. The fourth-order valence-electron chi connectivity index (χ4n) is 8.63. The number of carbonyl (C=O) groups is 5. The molecule has 0 bridgehead atoms. The smallest absolute Gasteiger partial charge is 0.243 e. The molecule has 5 amide bonds. The molecule has 14 heteroatoms. The molecule has 0 fully saturated rings. The minimum Gasteiger partial charge on any atom is -0.368 e. The summed E-state index contributed by atoms with van der Waals surface area (Å²) in [6.07, 6.45) is 5.57. The molecule has 0 aliphatic heterocycles. The zero-order chi connectivity index (χ0) is 47.9. The molecule has 354 valence electrons. The van der Waals surface area contributed by atoms with Crippen molar-refractivity contribution in [3.63, 3.8) is 0 Å². The number of para-hydroxylation sites is 2. The van der Waals surface area contributed by atoms with Crippen molar-refractivity contribution < 1.29 is 24.0 Å². The second-order valence-corrected chi connectivity index (χ2v) is 18.4. The SMILES string of the molecule is CN[C@H](Cc1ccccc1)C(=O)N[C@H](Cc1c[nH]c2ccccc12)C(=O)N[C@@H](Cc1ccccc1)C(=O)N[C@H](Cc1c[nH]c2ccccc12)C(=O)N[C@H](CN[C@@H](CC(C)C)C(N)=O)CC(C)C. The van der Waals surface area contributed by atoms with Crippen molar-refractivity contribution in [2.45, 2.75) is 102 Å². The van der Waals surface area contributed by atoms with E-state index in [4.69, 9.17) is 5.73 Å². The molecule has 6 atom stereocenters. The summed E-state index contributed by atoms with van der Waals surface area (Å²) in [7, 11) is 1.71. The Bertz CT molecular complexity index is 2550. The van der Waals surface area contributed by atoms with Crippen molar-refractivity contribution in [2.75, 3.05) is 13.6 Å². The number of aromatic nitrogens is 2. The van der Waals surface area contributed by atoms with Gasteiger partial charge < -0.3 is 47.6 Å². The van der Waals surface area contributed by atoms with E-state index in [0.717, 1.165) is 44.1 Å². The maximum Gasteiger partial charge on any atom is 0.243 e. The largest absolute Gasteiger partial charge is 0.368 e. The lowest BCUT2D eigenvalue weighted by molar-refractivity contribution is -0.134. The number of benzene rings is 4. The highest BCUT2D eigenvalue weighted by molar-refractivity contribution is 5.96. The van der Waals surface area contributed by atoms with Crippen LogP contribution >= 0.6 is 0 Å². The van der Waals surface area contributed by atoms with Crippen molar-refractivity contribution in [3.8, 4) is 0 Å². The molecular weight excluding hydrogens is 843 g/mol. The zero-order valence-corrected chi connectivity index (χ0v) is 39.2. The Labute approximate surface area is 393 Å². The van der Waals surface area contributed by atoms with E-state index in [1.54, 1.807) is 7.05 Å². The minimum atomic E-state index is -1.15. The monoisotopic (exact) mass is 910 g/mol. The first kappa shape index (κ1) is 49.7. The topological polar surface area (TPSA) is 215 Å². The van der Waals surface area contributed by atoms with Crippen LogP contribution < -0.4 is 37.6 Å². The van der Waals surface area contributed by atoms with Crippen molar-refractivity contribution in [1.82, 2.24) is 41.9 Å². The average molecular weight is 910 g/mol. The molecule has 6 rings (SSSR count). The summed E-state index contributed by atoms with van der Waals surface area (Å²) in [5.74, 6) is -1.98. The predicted molar refractivity (Wildman–Crippen MR) is 265 cm³/mol. The molecule has 0 saturated heterocycles. The lowest BCUT2D eigenvalue weighted by Gasteiger charge is -2.28. The van der Waals surface area contributed by atoms with Crippen LogP contribution in [0.2, 0.25) is 0 Å². The lowest BCUT2D eigenvalue weighted by atomic mass is 9.99. The number of aromatic amines is 2. The van der Waals surface area contributed by atoms with Crippen LogP contribution in [0.15, 0.2) is 122 Å². The van der Waals surface area contributed by atoms with E-state index in [1.165, 1.54) is 0 Å². The third kappa shape index (κ3) is 14.4. The fourth-order valence-corrected chi connectivity index (χ4v) is 8.63. The molecule has 14 nitrogen and oxygen atoms in total. The van der Waals surface area contributed by atoms with E-state index in [-0.39, 0.29) is 43.6 Å². The number of fused-ring (bicyclic) bond motifs is 2. The number of carbonyl (C=O) groups excluding carboxylic acids is 5. The van der Waals surface area contributed by atoms with E-state index >= 15 is 0 Å². The van der Waals surface area contributed by atoms with Crippen molar-refractivity contribution in [1.29, 1.82) is 0 Å². The van der Waals surface area contributed by atoms with Crippen LogP contribution in [0.3, 0.4) is 0 Å². The van der Waals surface area contributed by atoms with Crippen LogP contribution in [-0.4, -0.2) is 89.3 Å². The van der Waals surface area contributed by atoms with Gasteiger partial charge in [-0.25, -0.2) is 0 Å². The summed E-state index contributed by atoms with van der Waals surface area (Å²) in [4.78, 5) is 77.3. The second kappa shape index (κ2) is 24.1. The van der Waals surface area contributed by atoms with Gasteiger partial charge in [-0.2, -0.15) is 0 Å². The first-order valence-corrected chi connectivity index (χ1v) is 23.4. The molecule has 2 heterocycles. The lowest BCUT2D eigenvalue weighted by Crippen LogP contribution is -2.60. The minimum absolute atomic E-state index is 0.102. The number of rotatable bonds is 25. The average Bonchev–Trinajstić information content (AvgIpc) is 3.92. The molecule has 0 aliphatic rings. The number of H-pyrrole nitrogens is 2. The van der Waals surface area contributed by atoms with E-state index in [0.29, 0.717) is 19.3 Å². The van der Waals surface area contributed by atoms with Gasteiger partial charge in [0.15, 0.2) is 0 Å². The van der Waals surface area contributed by atoms with Gasteiger partial charge in [0.2, 0.25) is 29.5 Å². The number of nitrogens with two attached hydrogens (primary N) is 1.